The number of halogens is 1. The zero-order valence-electron chi connectivity index (χ0n) is 17.0. The minimum absolute atomic E-state index is 0.185. The van der Waals surface area contributed by atoms with Crippen molar-refractivity contribution < 1.29 is 23.8 Å². The highest BCUT2D eigenvalue weighted by Crippen LogP contribution is 2.47. The lowest BCUT2D eigenvalue weighted by Gasteiger charge is -2.44. The summed E-state index contributed by atoms with van der Waals surface area (Å²) in [5.41, 5.74) is 5.46. The van der Waals surface area contributed by atoms with Gasteiger partial charge in [0.2, 0.25) is 0 Å². The van der Waals surface area contributed by atoms with E-state index in [1.54, 1.807) is 31.4 Å². The monoisotopic (exact) mass is 414 g/mol. The maximum Gasteiger partial charge on any atom is 0.255 e. The van der Waals surface area contributed by atoms with Gasteiger partial charge in [-0.25, -0.2) is 4.39 Å². The second kappa shape index (κ2) is 8.24. The van der Waals surface area contributed by atoms with Gasteiger partial charge in [-0.3, -0.25) is 9.69 Å². The number of primary amides is 1. The van der Waals surface area contributed by atoms with Gasteiger partial charge < -0.3 is 20.3 Å². The second-order valence-electron chi connectivity index (χ2n) is 8.22. The van der Waals surface area contributed by atoms with Gasteiger partial charge in [0, 0.05) is 24.2 Å². The first-order valence-corrected chi connectivity index (χ1v) is 10.2. The number of fused-ring (bicyclic) bond motifs is 2. The Morgan fingerprint density at radius 1 is 1.20 bits per heavy atom. The Balaban J connectivity index is 1.49. The first kappa shape index (κ1) is 20.6. The third-order valence-corrected chi connectivity index (χ3v) is 6.26. The summed E-state index contributed by atoms with van der Waals surface area (Å²) < 4.78 is 25.1. The summed E-state index contributed by atoms with van der Waals surface area (Å²) in [5.74, 6) is 0.119. The van der Waals surface area contributed by atoms with Crippen molar-refractivity contribution >= 4 is 5.91 Å². The number of hydrogen-bond donors (Lipinski definition) is 2. The maximum absolute atomic E-state index is 14.3. The van der Waals surface area contributed by atoms with Crippen molar-refractivity contribution in [3.63, 3.8) is 0 Å². The van der Waals surface area contributed by atoms with E-state index in [0.29, 0.717) is 36.4 Å². The lowest BCUT2D eigenvalue weighted by molar-refractivity contribution is -0.119. The molecule has 2 saturated heterocycles. The Labute approximate surface area is 175 Å². The van der Waals surface area contributed by atoms with Crippen LogP contribution < -0.4 is 15.2 Å². The Morgan fingerprint density at radius 3 is 2.53 bits per heavy atom. The number of benzene rings is 2. The molecule has 0 unspecified atom stereocenters. The largest absolute Gasteiger partial charge is 0.493 e. The molecule has 6 nitrogen and oxygen atoms in total. The Kier molecular flexibility index (Phi) is 5.66. The highest BCUT2D eigenvalue weighted by molar-refractivity contribution is 5.75. The lowest BCUT2D eigenvalue weighted by Crippen LogP contribution is -2.49. The van der Waals surface area contributed by atoms with Crippen molar-refractivity contribution in [1.29, 1.82) is 0 Å². The number of carbonyl (C=O) groups excluding carboxylic acids is 1. The Bertz CT molecular complexity index is 921. The molecule has 2 atom stereocenters. The first-order chi connectivity index (χ1) is 14.4. The molecule has 2 aromatic carbocycles. The zero-order valence-corrected chi connectivity index (χ0v) is 17.0. The molecule has 0 spiro atoms. The average molecular weight is 414 g/mol. The fourth-order valence-corrected chi connectivity index (χ4v) is 4.92. The van der Waals surface area contributed by atoms with Crippen molar-refractivity contribution in [1.82, 2.24) is 4.90 Å². The molecular weight excluding hydrogens is 387 g/mol. The molecule has 2 heterocycles. The molecule has 0 aromatic heterocycles. The van der Waals surface area contributed by atoms with Crippen molar-refractivity contribution in [2.24, 2.45) is 5.73 Å². The van der Waals surface area contributed by atoms with Crippen LogP contribution in [0.15, 0.2) is 42.5 Å². The van der Waals surface area contributed by atoms with E-state index >= 15 is 0 Å². The third-order valence-electron chi connectivity index (χ3n) is 6.26. The summed E-state index contributed by atoms with van der Waals surface area (Å²) in [5, 5.41) is 11.3. The van der Waals surface area contributed by atoms with E-state index in [9.17, 15) is 14.3 Å². The number of nitrogens with zero attached hydrogens (tertiary/aromatic N) is 1. The minimum Gasteiger partial charge on any atom is -0.493 e. The molecule has 0 saturated carbocycles. The molecule has 2 bridgehead atoms. The Morgan fingerprint density at radius 2 is 1.90 bits per heavy atom. The number of ether oxygens (including phenoxy) is 2. The Hall–Kier alpha value is -2.64. The van der Waals surface area contributed by atoms with Crippen molar-refractivity contribution in [2.75, 3.05) is 13.7 Å². The molecule has 2 aliphatic heterocycles. The van der Waals surface area contributed by atoms with Gasteiger partial charge in [-0.05, 0) is 49.4 Å². The van der Waals surface area contributed by atoms with Crippen LogP contribution in [0.25, 0.3) is 0 Å². The minimum atomic E-state index is -1.13. The molecule has 4 rings (SSSR count). The predicted molar refractivity (Wildman–Crippen MR) is 110 cm³/mol. The van der Waals surface area contributed by atoms with Gasteiger partial charge in [0.15, 0.2) is 18.1 Å². The summed E-state index contributed by atoms with van der Waals surface area (Å²) in [6.07, 6.45) is 3.00. The molecule has 2 aromatic rings. The van der Waals surface area contributed by atoms with E-state index in [4.69, 9.17) is 15.2 Å². The van der Waals surface area contributed by atoms with Crippen LogP contribution in [0.3, 0.4) is 0 Å². The normalized spacial score (nSPS) is 25.8. The van der Waals surface area contributed by atoms with E-state index in [2.05, 4.69) is 4.90 Å². The van der Waals surface area contributed by atoms with Crippen LogP contribution in [0.5, 0.6) is 11.5 Å². The number of nitrogens with two attached hydrogens (primary N) is 1. The van der Waals surface area contributed by atoms with Crippen molar-refractivity contribution in [2.45, 2.75) is 49.9 Å². The smallest absolute Gasteiger partial charge is 0.255 e. The maximum atomic E-state index is 14.3. The van der Waals surface area contributed by atoms with Crippen LogP contribution in [0, 0.1) is 5.82 Å². The summed E-state index contributed by atoms with van der Waals surface area (Å²) in [6, 6.07) is 12.5. The van der Waals surface area contributed by atoms with E-state index in [1.807, 2.05) is 12.1 Å². The van der Waals surface area contributed by atoms with Gasteiger partial charge in [0.1, 0.15) is 5.82 Å². The SMILES string of the molecule is COc1cc(CN2[C@@H]3CC[C@@H]2CC(O)(c2ccccc2F)C3)ccc1OCC(N)=O. The highest BCUT2D eigenvalue weighted by Gasteiger charge is 2.48. The average Bonchev–Trinajstić information content (AvgIpc) is 2.96. The molecule has 7 heteroatoms. The molecule has 0 radical (unpaired) electrons. The van der Waals surface area contributed by atoms with Crippen LogP contribution in [-0.4, -0.2) is 41.7 Å². The number of amides is 1. The van der Waals surface area contributed by atoms with Crippen LogP contribution in [0.4, 0.5) is 4.39 Å². The van der Waals surface area contributed by atoms with Gasteiger partial charge in [0.05, 0.1) is 12.7 Å². The standard InChI is InChI=1S/C23H27FN2O4/c1-29-21-10-15(6-9-20(21)30-14-22(25)27)13-26-16-7-8-17(26)12-23(28,11-16)18-4-2-3-5-19(18)24/h2-6,9-10,16-17,28H,7-8,11-14H2,1H3,(H2,25,27)/t16-,17-/m1/s1. The quantitative estimate of drug-likeness (QED) is 0.728. The van der Waals surface area contributed by atoms with Gasteiger partial charge in [0.25, 0.3) is 5.91 Å². The first-order valence-electron chi connectivity index (χ1n) is 10.2. The fourth-order valence-electron chi connectivity index (χ4n) is 4.92. The van der Waals surface area contributed by atoms with Gasteiger partial charge in [-0.2, -0.15) is 0 Å². The topological polar surface area (TPSA) is 85.0 Å². The van der Waals surface area contributed by atoms with Crippen LogP contribution in [0.1, 0.15) is 36.8 Å². The van der Waals surface area contributed by atoms with E-state index in [1.165, 1.54) is 6.07 Å². The number of aliphatic hydroxyl groups is 1. The molecule has 2 fully saturated rings. The van der Waals surface area contributed by atoms with Crippen LogP contribution in [-0.2, 0) is 16.9 Å². The van der Waals surface area contributed by atoms with E-state index < -0.39 is 11.5 Å². The second-order valence-corrected chi connectivity index (χ2v) is 8.22. The number of piperidine rings is 1. The molecule has 2 aliphatic rings. The molecule has 30 heavy (non-hydrogen) atoms. The highest BCUT2D eigenvalue weighted by atomic mass is 19.1. The zero-order chi connectivity index (χ0) is 21.3. The fraction of sp³-hybridized carbons (Fsp3) is 0.435. The van der Waals surface area contributed by atoms with Crippen molar-refractivity contribution in [3.05, 3.63) is 59.4 Å². The summed E-state index contributed by atoms with van der Waals surface area (Å²) in [6.45, 7) is 0.496. The summed E-state index contributed by atoms with van der Waals surface area (Å²) in [7, 11) is 1.55. The summed E-state index contributed by atoms with van der Waals surface area (Å²) in [4.78, 5) is 13.4. The number of rotatable bonds is 7. The molecule has 3 N–H and O–H groups in total. The predicted octanol–water partition coefficient (Wildman–Crippen LogP) is 2.71. The third kappa shape index (κ3) is 4.00. The summed E-state index contributed by atoms with van der Waals surface area (Å²) >= 11 is 0. The van der Waals surface area contributed by atoms with Gasteiger partial charge in [-0.15, -0.1) is 0 Å². The van der Waals surface area contributed by atoms with Gasteiger partial charge in [-0.1, -0.05) is 24.3 Å². The molecule has 1 amide bonds. The van der Waals surface area contributed by atoms with Crippen molar-refractivity contribution in [3.8, 4) is 11.5 Å². The van der Waals surface area contributed by atoms with Crippen LogP contribution in [0.2, 0.25) is 0 Å². The molecule has 0 aliphatic carbocycles. The van der Waals surface area contributed by atoms with E-state index in [-0.39, 0.29) is 24.5 Å². The number of carbonyl (C=O) groups is 1. The van der Waals surface area contributed by atoms with E-state index in [0.717, 1.165) is 18.4 Å². The van der Waals surface area contributed by atoms with Crippen LogP contribution >= 0.6 is 0 Å². The lowest BCUT2D eigenvalue weighted by atomic mass is 9.80. The van der Waals surface area contributed by atoms with Gasteiger partial charge >= 0.3 is 0 Å². The molecule has 160 valence electrons. The number of methoxy groups -OCH3 is 1. The number of hydrogen-bond acceptors (Lipinski definition) is 5. The molecular formula is C23H27FN2O4.